The Morgan fingerprint density at radius 2 is 1.40 bits per heavy atom. The van der Waals surface area contributed by atoms with Crippen LogP contribution in [0.5, 0.6) is 0 Å². The standard InChI is InChI=1S/C31H27NO7S/c1-17-13-19(3)29(20(4)14-17)32-26-12-11-22(16-25(26)31(35)36)28(21-10-9-18(2)24(15-21)30(33)34)23-7-5-6-8-27(23)40(37,38)39/h5-16,32H,2H2,1,3-4H3,(H,33,34)(H,35,36)(H,37,38,39)/b28-21+. The Morgan fingerprint density at radius 3 is 2.00 bits per heavy atom. The molecule has 0 unspecified atom stereocenters. The van der Waals surface area contributed by atoms with Crippen LogP contribution in [0.25, 0.3) is 12.2 Å². The van der Waals surface area contributed by atoms with E-state index in [1.54, 1.807) is 24.3 Å². The van der Waals surface area contributed by atoms with Crippen molar-refractivity contribution in [3.63, 3.8) is 0 Å². The van der Waals surface area contributed by atoms with Crippen molar-refractivity contribution in [1.82, 2.24) is 0 Å². The molecule has 0 aromatic heterocycles. The van der Waals surface area contributed by atoms with Crippen molar-refractivity contribution in [2.45, 2.75) is 25.7 Å². The molecule has 0 bridgehead atoms. The summed E-state index contributed by atoms with van der Waals surface area (Å²) in [4.78, 5) is 23.9. The predicted octanol–water partition coefficient (Wildman–Crippen LogP) is 4.66. The van der Waals surface area contributed by atoms with E-state index in [-0.39, 0.29) is 27.5 Å². The summed E-state index contributed by atoms with van der Waals surface area (Å²) in [5, 5.41) is 23.6. The van der Waals surface area contributed by atoms with Gasteiger partial charge in [-0.1, -0.05) is 60.7 Å². The Morgan fingerprint density at radius 1 is 0.775 bits per heavy atom. The summed E-state index contributed by atoms with van der Waals surface area (Å²) in [6.45, 7) is 9.55. The van der Waals surface area contributed by atoms with Crippen LogP contribution < -0.4 is 15.8 Å². The van der Waals surface area contributed by atoms with Gasteiger partial charge < -0.3 is 15.5 Å². The molecule has 40 heavy (non-hydrogen) atoms. The lowest BCUT2D eigenvalue weighted by atomic mass is 9.92. The lowest BCUT2D eigenvalue weighted by molar-refractivity contribution is 0.0686. The summed E-state index contributed by atoms with van der Waals surface area (Å²) < 4.78 is 34.6. The average molecular weight is 558 g/mol. The van der Waals surface area contributed by atoms with Crippen LogP contribution in [0.1, 0.15) is 48.5 Å². The summed E-state index contributed by atoms with van der Waals surface area (Å²) in [7, 11) is -4.70. The lowest BCUT2D eigenvalue weighted by Gasteiger charge is -2.18. The number of aromatic carboxylic acids is 2. The Balaban J connectivity index is 2.05. The van der Waals surface area contributed by atoms with Crippen molar-refractivity contribution < 1.29 is 32.8 Å². The van der Waals surface area contributed by atoms with E-state index in [9.17, 15) is 32.8 Å². The van der Waals surface area contributed by atoms with Crippen molar-refractivity contribution in [3.05, 3.63) is 122 Å². The van der Waals surface area contributed by atoms with E-state index in [0.717, 1.165) is 22.4 Å². The number of anilines is 2. The minimum Gasteiger partial charge on any atom is -0.478 e. The van der Waals surface area contributed by atoms with Crippen LogP contribution in [0.4, 0.5) is 11.4 Å². The van der Waals surface area contributed by atoms with Gasteiger partial charge in [0.1, 0.15) is 4.90 Å². The van der Waals surface area contributed by atoms with E-state index < -0.39 is 27.0 Å². The number of rotatable bonds is 7. The molecule has 0 aliphatic heterocycles. The van der Waals surface area contributed by atoms with Gasteiger partial charge in [0.25, 0.3) is 10.1 Å². The minimum absolute atomic E-state index is 0.0698. The molecular formula is C31H27NO7S. The maximum absolute atomic E-state index is 12.4. The van der Waals surface area contributed by atoms with Crippen LogP contribution in [0, 0.1) is 20.8 Å². The Hall–Kier alpha value is -4.73. The topological polar surface area (TPSA) is 141 Å². The Bertz CT molecular complexity index is 1890. The number of aryl methyl sites for hydroxylation is 3. The van der Waals surface area contributed by atoms with Crippen molar-refractivity contribution in [2.24, 2.45) is 0 Å². The molecule has 0 amide bonds. The van der Waals surface area contributed by atoms with Crippen molar-refractivity contribution in [1.29, 1.82) is 0 Å². The van der Waals surface area contributed by atoms with Crippen molar-refractivity contribution >= 4 is 45.6 Å². The van der Waals surface area contributed by atoms with Crippen LogP contribution in [-0.4, -0.2) is 35.1 Å². The molecule has 0 aliphatic carbocycles. The normalized spacial score (nSPS) is 12.1. The SMILES string of the molecule is C=c1cc/c(=C(/c2ccc(Nc3c(C)cc(C)cc3C)c(C(=O)O)c2)c2ccccc2S(=O)(=O)O)cc1C(=O)O. The zero-order chi connectivity index (χ0) is 29.4. The first kappa shape index (κ1) is 28.3. The third kappa shape index (κ3) is 5.66. The van der Waals surface area contributed by atoms with Crippen molar-refractivity contribution in [3.8, 4) is 0 Å². The molecule has 4 aromatic carbocycles. The molecule has 8 nitrogen and oxygen atoms in total. The summed E-state index contributed by atoms with van der Waals surface area (Å²) in [5.74, 6) is -2.46. The highest BCUT2D eigenvalue weighted by molar-refractivity contribution is 7.86. The number of carbonyl (C=O) groups is 2. The maximum Gasteiger partial charge on any atom is 0.337 e. The number of nitrogens with one attached hydrogen (secondary N) is 1. The van der Waals surface area contributed by atoms with E-state index >= 15 is 0 Å². The second-order valence-corrected chi connectivity index (χ2v) is 10.9. The van der Waals surface area contributed by atoms with Gasteiger partial charge >= 0.3 is 11.9 Å². The predicted molar refractivity (Wildman–Crippen MR) is 153 cm³/mol. The van der Waals surface area contributed by atoms with Gasteiger partial charge in [-0.25, -0.2) is 9.59 Å². The zero-order valence-corrected chi connectivity index (χ0v) is 22.8. The molecule has 0 atom stereocenters. The van der Waals surface area contributed by atoms with Crippen LogP contribution in [0.2, 0.25) is 0 Å². The summed E-state index contributed by atoms with van der Waals surface area (Å²) in [6, 6.07) is 18.6. The first-order valence-electron chi connectivity index (χ1n) is 12.1. The summed E-state index contributed by atoms with van der Waals surface area (Å²) >= 11 is 0. The molecule has 9 heteroatoms. The van der Waals surface area contributed by atoms with Gasteiger partial charge in [0, 0.05) is 11.3 Å². The van der Waals surface area contributed by atoms with Gasteiger partial charge in [0.05, 0.1) is 16.8 Å². The Kier molecular flexibility index (Phi) is 7.63. The highest BCUT2D eigenvalue weighted by atomic mass is 32.2. The second-order valence-electron chi connectivity index (χ2n) is 9.49. The quantitative estimate of drug-likeness (QED) is 0.241. The third-order valence-electron chi connectivity index (χ3n) is 6.54. The molecule has 4 rings (SSSR count). The van der Waals surface area contributed by atoms with Gasteiger partial charge in [-0.2, -0.15) is 8.42 Å². The van der Waals surface area contributed by atoms with Gasteiger partial charge in [-0.05, 0) is 77.7 Å². The van der Waals surface area contributed by atoms with E-state index in [2.05, 4.69) is 11.9 Å². The van der Waals surface area contributed by atoms with E-state index in [4.69, 9.17) is 0 Å². The monoisotopic (exact) mass is 557 g/mol. The number of benzene rings is 4. The molecular weight excluding hydrogens is 530 g/mol. The lowest BCUT2D eigenvalue weighted by Crippen LogP contribution is -2.20. The summed E-state index contributed by atoms with van der Waals surface area (Å²) in [6.07, 6.45) is 0. The molecule has 0 radical (unpaired) electrons. The fourth-order valence-corrected chi connectivity index (χ4v) is 5.50. The largest absolute Gasteiger partial charge is 0.478 e. The number of carboxylic acid groups (broad SMARTS) is 2. The van der Waals surface area contributed by atoms with E-state index in [0.29, 0.717) is 16.5 Å². The first-order chi connectivity index (χ1) is 18.8. The smallest absolute Gasteiger partial charge is 0.337 e. The molecule has 204 valence electrons. The molecule has 4 aromatic rings. The van der Waals surface area contributed by atoms with Crippen LogP contribution in [0.3, 0.4) is 0 Å². The molecule has 0 aliphatic rings. The molecule has 0 fully saturated rings. The third-order valence-corrected chi connectivity index (χ3v) is 7.45. The zero-order valence-electron chi connectivity index (χ0n) is 22.0. The van der Waals surface area contributed by atoms with Gasteiger partial charge in [-0.15, -0.1) is 0 Å². The fourth-order valence-electron chi connectivity index (χ4n) is 4.80. The second kappa shape index (κ2) is 10.8. The van der Waals surface area contributed by atoms with Crippen molar-refractivity contribution in [2.75, 3.05) is 5.32 Å². The molecule has 4 N–H and O–H groups in total. The fraction of sp³-hybridized carbons (Fsp3) is 0.0968. The molecule has 0 heterocycles. The van der Waals surface area contributed by atoms with Gasteiger partial charge in [0.2, 0.25) is 0 Å². The average Bonchev–Trinajstić information content (AvgIpc) is 2.87. The summed E-state index contributed by atoms with van der Waals surface area (Å²) in [5.41, 5.74) is 4.39. The maximum atomic E-state index is 12.4. The van der Waals surface area contributed by atoms with Gasteiger partial charge in [0.15, 0.2) is 0 Å². The van der Waals surface area contributed by atoms with Crippen LogP contribution in [-0.2, 0) is 10.1 Å². The van der Waals surface area contributed by atoms with Crippen LogP contribution in [0.15, 0.2) is 77.7 Å². The first-order valence-corrected chi connectivity index (χ1v) is 13.6. The molecule has 0 saturated heterocycles. The number of hydrogen-bond acceptors (Lipinski definition) is 5. The molecule has 0 saturated carbocycles. The minimum atomic E-state index is -4.70. The highest BCUT2D eigenvalue weighted by Gasteiger charge is 2.22. The molecule has 0 spiro atoms. The highest BCUT2D eigenvalue weighted by Crippen LogP contribution is 2.32. The van der Waals surface area contributed by atoms with Gasteiger partial charge in [-0.3, -0.25) is 4.55 Å². The van der Waals surface area contributed by atoms with Crippen LogP contribution >= 0.6 is 0 Å². The Labute approximate surface area is 231 Å². The number of carboxylic acids is 2. The number of hydrogen-bond donors (Lipinski definition) is 4. The van der Waals surface area contributed by atoms with E-state index in [1.165, 1.54) is 36.4 Å². The van der Waals surface area contributed by atoms with E-state index in [1.807, 2.05) is 32.9 Å².